The first-order chi connectivity index (χ1) is 15.0. The van der Waals surface area contributed by atoms with Gasteiger partial charge in [-0.05, 0) is 79.1 Å². The lowest BCUT2D eigenvalue weighted by Crippen LogP contribution is -2.32. The Kier molecular flexibility index (Phi) is 5.15. The van der Waals surface area contributed by atoms with Crippen molar-refractivity contribution in [3.8, 4) is 0 Å². The summed E-state index contributed by atoms with van der Waals surface area (Å²) in [6.45, 7) is 4.42. The van der Waals surface area contributed by atoms with Crippen LogP contribution in [0, 0.1) is 12.8 Å². The number of hydrogen-bond acceptors (Lipinski definition) is 4. The van der Waals surface area contributed by atoms with Crippen LogP contribution in [0.15, 0.2) is 77.0 Å². The molecule has 0 saturated carbocycles. The maximum Gasteiger partial charge on any atom is 0.264 e. The SMILES string of the molecule is CCN(c1ccccc1)S(=O)(=O)c1ccc2c(c1)C1C=CCC1C(c1sccc1C)N2. The number of benzene rings is 2. The van der Waals surface area contributed by atoms with Crippen molar-refractivity contribution in [2.75, 3.05) is 16.2 Å². The first kappa shape index (κ1) is 20.3. The fourth-order valence-electron chi connectivity index (χ4n) is 4.91. The molecule has 0 saturated heterocycles. The van der Waals surface area contributed by atoms with E-state index in [4.69, 9.17) is 0 Å². The van der Waals surface area contributed by atoms with Gasteiger partial charge in [0.25, 0.3) is 10.0 Å². The maximum absolute atomic E-state index is 13.5. The van der Waals surface area contributed by atoms with Crippen LogP contribution in [0.4, 0.5) is 11.4 Å². The summed E-state index contributed by atoms with van der Waals surface area (Å²) in [7, 11) is -3.65. The Bertz CT molecular complexity index is 1230. The van der Waals surface area contributed by atoms with Gasteiger partial charge in [-0.15, -0.1) is 11.3 Å². The summed E-state index contributed by atoms with van der Waals surface area (Å²) >= 11 is 1.80. The van der Waals surface area contributed by atoms with Crippen molar-refractivity contribution < 1.29 is 8.42 Å². The van der Waals surface area contributed by atoms with Crippen LogP contribution in [-0.2, 0) is 10.0 Å². The van der Waals surface area contributed by atoms with Gasteiger partial charge in [-0.25, -0.2) is 8.42 Å². The molecular weight excluding hydrogens is 424 g/mol. The summed E-state index contributed by atoms with van der Waals surface area (Å²) in [5.41, 5.74) is 4.12. The Morgan fingerprint density at radius 2 is 1.94 bits per heavy atom. The quantitative estimate of drug-likeness (QED) is 0.478. The average Bonchev–Trinajstić information content (AvgIpc) is 3.43. The first-order valence-electron chi connectivity index (χ1n) is 10.7. The normalized spacial score (nSPS) is 21.9. The summed E-state index contributed by atoms with van der Waals surface area (Å²) in [5.74, 6) is 0.629. The molecule has 3 unspecified atom stereocenters. The number of allylic oxidation sites excluding steroid dienone is 2. The average molecular weight is 451 g/mol. The van der Waals surface area contributed by atoms with Gasteiger partial charge in [-0.1, -0.05) is 30.4 Å². The molecule has 0 radical (unpaired) electrons. The van der Waals surface area contributed by atoms with Crippen LogP contribution in [-0.4, -0.2) is 15.0 Å². The highest BCUT2D eigenvalue weighted by Crippen LogP contribution is 2.51. The number of anilines is 2. The molecule has 0 fully saturated rings. The van der Waals surface area contributed by atoms with Crippen molar-refractivity contribution in [1.82, 2.24) is 0 Å². The van der Waals surface area contributed by atoms with Gasteiger partial charge in [-0.2, -0.15) is 0 Å². The molecule has 1 aromatic heterocycles. The number of rotatable bonds is 5. The van der Waals surface area contributed by atoms with E-state index in [0.717, 1.165) is 17.7 Å². The van der Waals surface area contributed by atoms with E-state index in [-0.39, 0.29) is 12.0 Å². The number of hydrogen-bond donors (Lipinski definition) is 1. The third-order valence-electron chi connectivity index (χ3n) is 6.44. The molecule has 6 heteroatoms. The van der Waals surface area contributed by atoms with Gasteiger partial charge >= 0.3 is 0 Å². The van der Waals surface area contributed by atoms with Crippen molar-refractivity contribution in [2.24, 2.45) is 5.92 Å². The van der Waals surface area contributed by atoms with Gasteiger partial charge < -0.3 is 5.32 Å². The molecule has 3 aromatic rings. The van der Waals surface area contributed by atoms with Crippen LogP contribution in [0.5, 0.6) is 0 Å². The number of nitrogens with one attached hydrogen (secondary N) is 1. The summed E-state index contributed by atoms with van der Waals surface area (Å²) in [5, 5.41) is 5.88. The van der Waals surface area contributed by atoms with E-state index in [1.165, 1.54) is 14.7 Å². The molecule has 0 amide bonds. The summed E-state index contributed by atoms with van der Waals surface area (Å²) < 4.78 is 28.5. The van der Waals surface area contributed by atoms with Crippen molar-refractivity contribution in [3.63, 3.8) is 0 Å². The van der Waals surface area contributed by atoms with E-state index in [9.17, 15) is 8.42 Å². The predicted octanol–water partition coefficient (Wildman–Crippen LogP) is 6.10. The van der Waals surface area contributed by atoms with Gasteiger partial charge in [0.05, 0.1) is 16.6 Å². The summed E-state index contributed by atoms with van der Waals surface area (Å²) in [4.78, 5) is 1.73. The van der Waals surface area contributed by atoms with Gasteiger partial charge in [0.1, 0.15) is 0 Å². The van der Waals surface area contributed by atoms with E-state index in [1.807, 2.05) is 49.4 Å². The number of thiophene rings is 1. The van der Waals surface area contributed by atoms with Crippen molar-refractivity contribution in [3.05, 3.63) is 88.1 Å². The Morgan fingerprint density at radius 1 is 1.13 bits per heavy atom. The molecular formula is C25H26N2O2S2. The second kappa shape index (κ2) is 7.84. The summed E-state index contributed by atoms with van der Waals surface area (Å²) in [6.07, 6.45) is 5.50. The highest BCUT2D eigenvalue weighted by molar-refractivity contribution is 7.92. The zero-order chi connectivity index (χ0) is 21.6. The molecule has 0 bridgehead atoms. The molecule has 2 heterocycles. The largest absolute Gasteiger partial charge is 0.377 e. The van der Waals surface area contributed by atoms with Crippen molar-refractivity contribution in [1.29, 1.82) is 0 Å². The molecule has 2 aliphatic rings. The number of aryl methyl sites for hydroxylation is 1. The maximum atomic E-state index is 13.5. The lowest BCUT2D eigenvalue weighted by atomic mass is 9.78. The third kappa shape index (κ3) is 3.38. The second-order valence-electron chi connectivity index (χ2n) is 8.20. The van der Waals surface area contributed by atoms with Crippen LogP contribution < -0.4 is 9.62 Å². The number of para-hydroxylation sites is 1. The van der Waals surface area contributed by atoms with Crippen LogP contribution in [0.2, 0.25) is 0 Å². The fraction of sp³-hybridized carbons (Fsp3) is 0.280. The zero-order valence-corrected chi connectivity index (χ0v) is 19.3. The van der Waals surface area contributed by atoms with Crippen LogP contribution >= 0.6 is 11.3 Å². The third-order valence-corrected chi connectivity index (χ3v) is 9.44. The number of fused-ring (bicyclic) bond motifs is 3. The molecule has 0 spiro atoms. The van der Waals surface area contributed by atoms with E-state index in [0.29, 0.717) is 23.0 Å². The molecule has 160 valence electrons. The van der Waals surface area contributed by atoms with E-state index in [2.05, 4.69) is 35.8 Å². The molecule has 1 aliphatic heterocycles. The van der Waals surface area contributed by atoms with Crippen LogP contribution in [0.3, 0.4) is 0 Å². The number of nitrogens with zero attached hydrogens (tertiary/aromatic N) is 1. The smallest absolute Gasteiger partial charge is 0.264 e. The molecule has 5 rings (SSSR count). The van der Waals surface area contributed by atoms with Gasteiger partial charge in [0.2, 0.25) is 0 Å². The van der Waals surface area contributed by atoms with E-state index >= 15 is 0 Å². The molecule has 1 aliphatic carbocycles. The Labute approximate surface area is 188 Å². The van der Waals surface area contributed by atoms with Gasteiger partial charge in [0.15, 0.2) is 0 Å². The monoisotopic (exact) mass is 450 g/mol. The fourth-order valence-corrected chi connectivity index (χ4v) is 7.47. The highest BCUT2D eigenvalue weighted by atomic mass is 32.2. The molecule has 2 aromatic carbocycles. The van der Waals surface area contributed by atoms with Crippen LogP contribution in [0.25, 0.3) is 0 Å². The Morgan fingerprint density at radius 3 is 2.65 bits per heavy atom. The Balaban J connectivity index is 1.55. The molecule has 3 atom stereocenters. The lowest BCUT2D eigenvalue weighted by molar-refractivity contribution is 0.428. The number of sulfonamides is 1. The van der Waals surface area contributed by atoms with Gasteiger partial charge in [-0.3, -0.25) is 4.31 Å². The van der Waals surface area contributed by atoms with Crippen molar-refractivity contribution in [2.45, 2.75) is 37.1 Å². The van der Waals surface area contributed by atoms with E-state index in [1.54, 1.807) is 17.4 Å². The molecule has 1 N–H and O–H groups in total. The molecule has 4 nitrogen and oxygen atoms in total. The second-order valence-corrected chi connectivity index (χ2v) is 11.0. The minimum atomic E-state index is -3.65. The predicted molar refractivity (Wildman–Crippen MR) is 128 cm³/mol. The first-order valence-corrected chi connectivity index (χ1v) is 13.0. The highest BCUT2D eigenvalue weighted by Gasteiger charge is 2.39. The minimum absolute atomic E-state index is 0.227. The van der Waals surface area contributed by atoms with Crippen molar-refractivity contribution >= 4 is 32.7 Å². The van der Waals surface area contributed by atoms with Gasteiger partial charge in [0, 0.05) is 23.0 Å². The van der Waals surface area contributed by atoms with E-state index < -0.39 is 10.0 Å². The Hall–Kier alpha value is -2.57. The summed E-state index contributed by atoms with van der Waals surface area (Å²) in [6, 6.07) is 17.3. The topological polar surface area (TPSA) is 49.4 Å². The lowest BCUT2D eigenvalue weighted by Gasteiger charge is -2.37. The zero-order valence-electron chi connectivity index (χ0n) is 17.7. The molecule has 31 heavy (non-hydrogen) atoms. The minimum Gasteiger partial charge on any atom is -0.377 e. The van der Waals surface area contributed by atoms with Crippen LogP contribution in [0.1, 0.15) is 41.3 Å². The standard InChI is InChI=1S/C25H26N2O2S2/c1-3-27(18-8-5-4-6-9-18)31(28,29)19-12-13-23-22(16-19)20-10-7-11-21(20)24(26-23)25-17(2)14-15-30-25/h4-10,12-16,20-21,24,26H,3,11H2,1-2H3.